The van der Waals surface area contributed by atoms with Crippen LogP contribution in [0, 0.1) is 13.8 Å². The molecule has 5 heteroatoms. The van der Waals surface area contributed by atoms with Gasteiger partial charge in [0.05, 0.1) is 11.4 Å². The Bertz CT molecular complexity index is 382. The summed E-state index contributed by atoms with van der Waals surface area (Å²) in [7, 11) is 5.34. The minimum absolute atomic E-state index is 0.642. The predicted octanol–water partition coefficient (Wildman–Crippen LogP) is 0.724. The largest absolute Gasteiger partial charge is 0.480 e. The molecule has 15 heavy (non-hydrogen) atoms. The normalized spacial score (nSPS) is 13.2. The van der Waals surface area contributed by atoms with E-state index in [1.165, 1.54) is 0 Å². The third-order valence-corrected chi connectivity index (χ3v) is 2.56. The molecule has 0 bridgehead atoms. The Morgan fingerprint density at radius 3 is 2.27 bits per heavy atom. The quantitative estimate of drug-likeness (QED) is 0.800. The fourth-order valence-corrected chi connectivity index (χ4v) is 1.76. The van der Waals surface area contributed by atoms with Gasteiger partial charge in [0.2, 0.25) is 0 Å². The summed E-state index contributed by atoms with van der Waals surface area (Å²) < 4.78 is 1.83. The number of hydrogen-bond acceptors (Lipinski definition) is 3. The molecule has 0 aliphatic carbocycles. The third kappa shape index (κ3) is 2.02. The number of rotatable bonds is 3. The van der Waals surface area contributed by atoms with Gasteiger partial charge in [-0.2, -0.15) is 0 Å². The highest BCUT2D eigenvalue weighted by atomic mass is 16.4. The number of carbonyl (C=O) groups is 1. The number of imidazole rings is 1. The van der Waals surface area contributed by atoms with Gasteiger partial charge >= 0.3 is 5.97 Å². The molecule has 5 nitrogen and oxygen atoms in total. The van der Waals surface area contributed by atoms with E-state index in [9.17, 15) is 9.90 Å². The van der Waals surface area contributed by atoms with Gasteiger partial charge in [-0.3, -0.25) is 9.69 Å². The number of aryl methyl sites for hydroxylation is 2. The molecule has 0 radical (unpaired) electrons. The topological polar surface area (TPSA) is 58.4 Å². The van der Waals surface area contributed by atoms with Crippen molar-refractivity contribution in [2.24, 2.45) is 7.05 Å². The Kier molecular flexibility index (Phi) is 3.14. The fourth-order valence-electron chi connectivity index (χ4n) is 1.76. The molecule has 0 aliphatic rings. The number of nitrogens with zero attached hydrogens (tertiary/aromatic N) is 3. The molecule has 1 aromatic heterocycles. The first-order chi connectivity index (χ1) is 6.86. The van der Waals surface area contributed by atoms with Gasteiger partial charge in [-0.25, -0.2) is 4.98 Å². The Hall–Kier alpha value is -1.36. The van der Waals surface area contributed by atoms with Gasteiger partial charge in [-0.15, -0.1) is 0 Å². The van der Waals surface area contributed by atoms with Gasteiger partial charge < -0.3 is 9.67 Å². The summed E-state index contributed by atoms with van der Waals surface area (Å²) in [6.07, 6.45) is 0. The van der Waals surface area contributed by atoms with Crippen LogP contribution in [-0.2, 0) is 11.8 Å². The highest BCUT2D eigenvalue weighted by molar-refractivity contribution is 5.75. The smallest absolute Gasteiger partial charge is 0.327 e. The van der Waals surface area contributed by atoms with E-state index < -0.39 is 12.0 Å². The fraction of sp³-hybridized carbons (Fsp3) is 0.600. The molecule has 0 aliphatic heterocycles. The number of carboxylic acids is 1. The summed E-state index contributed by atoms with van der Waals surface area (Å²) in [5.74, 6) is -0.0262. The predicted molar refractivity (Wildman–Crippen MR) is 56.7 cm³/mol. The van der Waals surface area contributed by atoms with Crippen LogP contribution >= 0.6 is 0 Å². The van der Waals surface area contributed by atoms with Crippen molar-refractivity contribution in [3.05, 3.63) is 17.2 Å². The second-order valence-electron chi connectivity index (χ2n) is 3.89. The summed E-state index contributed by atoms with van der Waals surface area (Å²) in [4.78, 5) is 17.1. The van der Waals surface area contributed by atoms with Crippen molar-refractivity contribution in [2.75, 3.05) is 14.1 Å². The highest BCUT2D eigenvalue weighted by Crippen LogP contribution is 2.22. The number of aromatic nitrogens is 2. The van der Waals surface area contributed by atoms with E-state index in [-0.39, 0.29) is 0 Å². The van der Waals surface area contributed by atoms with Crippen LogP contribution < -0.4 is 0 Å². The van der Waals surface area contributed by atoms with E-state index in [2.05, 4.69) is 4.98 Å². The van der Waals surface area contributed by atoms with Crippen molar-refractivity contribution >= 4 is 5.97 Å². The average molecular weight is 211 g/mol. The minimum Gasteiger partial charge on any atom is -0.480 e. The van der Waals surface area contributed by atoms with Crippen LogP contribution in [0.15, 0.2) is 0 Å². The maximum Gasteiger partial charge on any atom is 0.327 e. The summed E-state index contributed by atoms with van der Waals surface area (Å²) in [6, 6.07) is -0.642. The average Bonchev–Trinajstić information content (AvgIpc) is 2.31. The molecule has 0 saturated heterocycles. The van der Waals surface area contributed by atoms with E-state index in [4.69, 9.17) is 0 Å². The minimum atomic E-state index is -0.855. The zero-order chi connectivity index (χ0) is 11.7. The van der Waals surface area contributed by atoms with Crippen molar-refractivity contribution in [1.82, 2.24) is 14.5 Å². The lowest BCUT2D eigenvalue weighted by atomic mass is 10.1. The molecular formula is C10H17N3O2. The van der Waals surface area contributed by atoms with Crippen molar-refractivity contribution in [3.63, 3.8) is 0 Å². The Morgan fingerprint density at radius 2 is 2.00 bits per heavy atom. The summed E-state index contributed by atoms with van der Waals surface area (Å²) in [5, 5.41) is 9.17. The van der Waals surface area contributed by atoms with Crippen LogP contribution in [0.2, 0.25) is 0 Å². The van der Waals surface area contributed by atoms with Gasteiger partial charge in [0.25, 0.3) is 0 Å². The molecule has 0 aromatic carbocycles. The zero-order valence-corrected chi connectivity index (χ0v) is 9.77. The molecule has 1 atom stereocenters. The van der Waals surface area contributed by atoms with Crippen LogP contribution in [0.25, 0.3) is 0 Å². The lowest BCUT2D eigenvalue weighted by Gasteiger charge is -2.21. The second-order valence-corrected chi connectivity index (χ2v) is 3.89. The van der Waals surface area contributed by atoms with Crippen LogP contribution in [0.1, 0.15) is 23.3 Å². The number of carboxylic acid groups (broad SMARTS) is 1. The second kappa shape index (κ2) is 4.02. The van der Waals surface area contributed by atoms with Gasteiger partial charge in [0, 0.05) is 7.05 Å². The van der Waals surface area contributed by atoms with Gasteiger partial charge in [0.1, 0.15) is 5.82 Å². The van der Waals surface area contributed by atoms with E-state index in [0.717, 1.165) is 17.2 Å². The van der Waals surface area contributed by atoms with Crippen molar-refractivity contribution in [3.8, 4) is 0 Å². The van der Waals surface area contributed by atoms with E-state index in [1.54, 1.807) is 19.0 Å². The Morgan fingerprint density at radius 1 is 1.47 bits per heavy atom. The first-order valence-electron chi connectivity index (χ1n) is 4.75. The third-order valence-electron chi connectivity index (χ3n) is 2.56. The monoisotopic (exact) mass is 211 g/mol. The Balaban J connectivity index is 3.28. The lowest BCUT2D eigenvalue weighted by molar-refractivity contribution is -0.142. The van der Waals surface area contributed by atoms with Gasteiger partial charge in [0.15, 0.2) is 6.04 Å². The summed E-state index contributed by atoms with van der Waals surface area (Å²) in [5.41, 5.74) is 1.51. The molecule has 1 heterocycles. The summed E-state index contributed by atoms with van der Waals surface area (Å²) in [6.45, 7) is 3.70. The maximum atomic E-state index is 11.2. The van der Waals surface area contributed by atoms with Crippen molar-refractivity contribution < 1.29 is 9.90 Å². The van der Waals surface area contributed by atoms with Crippen LogP contribution in [0.4, 0.5) is 0 Å². The zero-order valence-electron chi connectivity index (χ0n) is 9.77. The molecule has 1 aromatic rings. The van der Waals surface area contributed by atoms with Crippen LogP contribution in [-0.4, -0.2) is 39.6 Å². The SMILES string of the molecule is Cc1nc(C)n(C)c1C(C(=O)O)N(C)C. The summed E-state index contributed by atoms with van der Waals surface area (Å²) >= 11 is 0. The standard InChI is InChI=1S/C10H17N3O2/c1-6-8(13(5)7(2)11-6)9(10(14)15)12(3)4/h9H,1-5H3,(H,14,15). The van der Waals surface area contributed by atoms with E-state index >= 15 is 0 Å². The van der Waals surface area contributed by atoms with Crippen molar-refractivity contribution in [1.29, 1.82) is 0 Å². The van der Waals surface area contributed by atoms with E-state index in [1.807, 2.05) is 25.5 Å². The maximum absolute atomic E-state index is 11.2. The number of aliphatic carboxylic acids is 1. The molecule has 1 unspecified atom stereocenters. The number of hydrogen-bond donors (Lipinski definition) is 1. The van der Waals surface area contributed by atoms with E-state index in [0.29, 0.717) is 0 Å². The van der Waals surface area contributed by atoms with Gasteiger partial charge in [-0.05, 0) is 27.9 Å². The molecule has 0 fully saturated rings. The molecule has 0 saturated carbocycles. The van der Waals surface area contributed by atoms with Gasteiger partial charge in [-0.1, -0.05) is 0 Å². The highest BCUT2D eigenvalue weighted by Gasteiger charge is 2.27. The molecule has 1 rings (SSSR count). The Labute approximate surface area is 89.3 Å². The molecule has 0 spiro atoms. The molecule has 1 N–H and O–H groups in total. The molecular weight excluding hydrogens is 194 g/mol. The van der Waals surface area contributed by atoms with Crippen LogP contribution in [0.3, 0.4) is 0 Å². The van der Waals surface area contributed by atoms with Crippen molar-refractivity contribution in [2.45, 2.75) is 19.9 Å². The van der Waals surface area contributed by atoms with Crippen LogP contribution in [0.5, 0.6) is 0 Å². The number of likely N-dealkylation sites (N-methyl/N-ethyl adjacent to an activating group) is 1. The lowest BCUT2D eigenvalue weighted by Crippen LogP contribution is -2.29. The first kappa shape index (κ1) is 11.7. The molecule has 0 amide bonds. The first-order valence-corrected chi connectivity index (χ1v) is 4.75. The molecule has 84 valence electrons.